The SMILES string of the molecule is CCC(=O)N1[C@@H]2CC[C@H]1CN(C/C=C/c1cc(Cl)ccc1[N+](=O)[O-])C2. The highest BCUT2D eigenvalue weighted by Gasteiger charge is 2.41. The fourth-order valence-electron chi connectivity index (χ4n) is 3.88. The van der Waals surface area contributed by atoms with Gasteiger partial charge in [0.25, 0.3) is 5.69 Å². The molecule has 25 heavy (non-hydrogen) atoms. The van der Waals surface area contributed by atoms with E-state index in [1.165, 1.54) is 12.1 Å². The van der Waals surface area contributed by atoms with Crippen LogP contribution in [0.15, 0.2) is 24.3 Å². The van der Waals surface area contributed by atoms with E-state index < -0.39 is 4.92 Å². The largest absolute Gasteiger partial charge is 0.334 e. The van der Waals surface area contributed by atoms with E-state index in [1.807, 2.05) is 13.0 Å². The van der Waals surface area contributed by atoms with Gasteiger partial charge >= 0.3 is 0 Å². The van der Waals surface area contributed by atoms with Gasteiger partial charge in [-0.05, 0) is 25.0 Å². The van der Waals surface area contributed by atoms with Crippen LogP contribution in [0.25, 0.3) is 6.08 Å². The third-order valence-electron chi connectivity index (χ3n) is 5.00. The summed E-state index contributed by atoms with van der Waals surface area (Å²) in [6.45, 7) is 4.36. The molecule has 6 nitrogen and oxygen atoms in total. The lowest BCUT2D eigenvalue weighted by Gasteiger charge is -2.40. The second-order valence-electron chi connectivity index (χ2n) is 6.62. The Labute approximate surface area is 152 Å². The number of fused-ring (bicyclic) bond motifs is 2. The third-order valence-corrected chi connectivity index (χ3v) is 5.23. The molecule has 1 aromatic rings. The molecule has 2 aliphatic heterocycles. The number of carbonyl (C=O) groups is 1. The van der Waals surface area contributed by atoms with Crippen LogP contribution >= 0.6 is 11.6 Å². The van der Waals surface area contributed by atoms with Crippen molar-refractivity contribution in [2.45, 2.75) is 38.3 Å². The Morgan fingerprint density at radius 3 is 2.64 bits per heavy atom. The smallest absolute Gasteiger partial charge is 0.276 e. The van der Waals surface area contributed by atoms with E-state index in [1.54, 1.807) is 12.1 Å². The number of rotatable bonds is 5. The molecule has 0 saturated carbocycles. The topological polar surface area (TPSA) is 66.7 Å². The van der Waals surface area contributed by atoms with Crippen LogP contribution in [0.3, 0.4) is 0 Å². The molecule has 2 fully saturated rings. The number of hydrogen-bond donors (Lipinski definition) is 0. The standard InChI is InChI=1S/C18H22ClN3O3/c1-2-18(23)21-15-6-7-16(21)12-20(11-15)9-3-4-13-10-14(19)5-8-17(13)22(24)25/h3-5,8,10,15-16H,2,6-7,9,11-12H2,1H3/b4-3+/t15-,16+. The van der Waals surface area contributed by atoms with Gasteiger partial charge in [-0.2, -0.15) is 0 Å². The van der Waals surface area contributed by atoms with E-state index in [2.05, 4.69) is 9.80 Å². The van der Waals surface area contributed by atoms with E-state index in [0.29, 0.717) is 35.6 Å². The van der Waals surface area contributed by atoms with E-state index in [4.69, 9.17) is 11.6 Å². The fraction of sp³-hybridized carbons (Fsp3) is 0.500. The zero-order chi connectivity index (χ0) is 18.0. The average Bonchev–Trinajstić information content (AvgIpc) is 2.84. The molecule has 3 rings (SSSR count). The monoisotopic (exact) mass is 363 g/mol. The summed E-state index contributed by atoms with van der Waals surface area (Å²) in [5.74, 6) is 0.247. The second-order valence-corrected chi connectivity index (χ2v) is 7.06. The van der Waals surface area contributed by atoms with Gasteiger partial charge in [0.05, 0.1) is 10.5 Å². The lowest BCUT2D eigenvalue weighted by atomic mass is 10.1. The molecule has 1 aromatic carbocycles. The molecule has 2 atom stereocenters. The van der Waals surface area contributed by atoms with Crippen molar-refractivity contribution < 1.29 is 9.72 Å². The minimum Gasteiger partial charge on any atom is -0.334 e. The molecule has 0 aromatic heterocycles. The van der Waals surface area contributed by atoms with Crippen LogP contribution in [0.4, 0.5) is 5.69 Å². The molecule has 0 aliphatic carbocycles. The van der Waals surface area contributed by atoms with Crippen molar-refractivity contribution in [2.24, 2.45) is 0 Å². The van der Waals surface area contributed by atoms with Crippen LogP contribution in [-0.4, -0.2) is 52.3 Å². The first-order valence-electron chi connectivity index (χ1n) is 8.63. The Morgan fingerprint density at radius 2 is 2.04 bits per heavy atom. The summed E-state index contributed by atoms with van der Waals surface area (Å²) in [5, 5.41) is 11.6. The Bertz CT molecular complexity index is 693. The van der Waals surface area contributed by atoms with Crippen molar-refractivity contribution in [3.63, 3.8) is 0 Å². The summed E-state index contributed by atoms with van der Waals surface area (Å²) in [6, 6.07) is 5.17. The first kappa shape index (κ1) is 17.9. The van der Waals surface area contributed by atoms with E-state index in [0.717, 1.165) is 25.9 Å². The summed E-state index contributed by atoms with van der Waals surface area (Å²) in [6.07, 6.45) is 6.39. The van der Waals surface area contributed by atoms with E-state index in [-0.39, 0.29) is 11.6 Å². The van der Waals surface area contributed by atoms with Gasteiger partial charge in [-0.25, -0.2) is 0 Å². The van der Waals surface area contributed by atoms with Crippen LogP contribution in [0.2, 0.25) is 5.02 Å². The zero-order valence-corrected chi connectivity index (χ0v) is 15.0. The summed E-state index contributed by atoms with van der Waals surface area (Å²) in [5.41, 5.74) is 0.569. The minimum absolute atomic E-state index is 0.0547. The number of hydrogen-bond acceptors (Lipinski definition) is 4. The molecule has 2 saturated heterocycles. The van der Waals surface area contributed by atoms with Crippen molar-refractivity contribution in [1.29, 1.82) is 0 Å². The molecule has 0 radical (unpaired) electrons. The molecule has 0 spiro atoms. The number of piperazine rings is 1. The predicted octanol–water partition coefficient (Wildman–Crippen LogP) is 3.35. The van der Waals surface area contributed by atoms with Gasteiger partial charge in [-0.1, -0.05) is 30.7 Å². The Hall–Kier alpha value is -1.92. The molecule has 7 heteroatoms. The summed E-state index contributed by atoms with van der Waals surface area (Å²) < 4.78 is 0. The molecular formula is C18H22ClN3O3. The lowest BCUT2D eigenvalue weighted by Crippen LogP contribution is -2.55. The minimum atomic E-state index is -0.397. The number of nitro benzene ring substituents is 1. The molecule has 2 heterocycles. The molecule has 134 valence electrons. The number of halogens is 1. The van der Waals surface area contributed by atoms with Gasteiger partial charge in [0, 0.05) is 49.2 Å². The molecule has 0 N–H and O–H groups in total. The maximum atomic E-state index is 12.1. The van der Waals surface area contributed by atoms with Crippen LogP contribution in [0.1, 0.15) is 31.7 Å². The molecule has 1 amide bonds. The number of nitro groups is 1. The van der Waals surface area contributed by atoms with Gasteiger partial charge in [0.15, 0.2) is 0 Å². The Kier molecular flexibility index (Phi) is 5.39. The number of likely N-dealkylation sites (tertiary alicyclic amines) is 1. The van der Waals surface area contributed by atoms with Gasteiger partial charge < -0.3 is 4.90 Å². The van der Waals surface area contributed by atoms with Crippen molar-refractivity contribution in [2.75, 3.05) is 19.6 Å². The predicted molar refractivity (Wildman–Crippen MR) is 97.5 cm³/mol. The van der Waals surface area contributed by atoms with E-state index in [9.17, 15) is 14.9 Å². The molecular weight excluding hydrogens is 342 g/mol. The number of amides is 1. The van der Waals surface area contributed by atoms with Crippen LogP contribution in [0, 0.1) is 10.1 Å². The molecule has 0 unspecified atom stereocenters. The van der Waals surface area contributed by atoms with Gasteiger partial charge in [0.1, 0.15) is 0 Å². The second kappa shape index (κ2) is 7.54. The maximum Gasteiger partial charge on any atom is 0.276 e. The van der Waals surface area contributed by atoms with Crippen molar-refractivity contribution in [3.05, 3.63) is 45.0 Å². The van der Waals surface area contributed by atoms with E-state index >= 15 is 0 Å². The quantitative estimate of drug-likeness (QED) is 0.594. The number of nitrogens with zero attached hydrogens (tertiary/aromatic N) is 3. The first-order chi connectivity index (χ1) is 12.0. The van der Waals surface area contributed by atoms with Crippen LogP contribution in [0.5, 0.6) is 0 Å². The first-order valence-corrected chi connectivity index (χ1v) is 9.01. The third kappa shape index (κ3) is 3.85. The fourth-order valence-corrected chi connectivity index (χ4v) is 4.06. The average molecular weight is 364 g/mol. The molecule has 2 aliphatic rings. The highest BCUT2D eigenvalue weighted by Crippen LogP contribution is 2.31. The Morgan fingerprint density at radius 1 is 1.36 bits per heavy atom. The van der Waals surface area contributed by atoms with Crippen molar-refractivity contribution >= 4 is 29.3 Å². The number of benzene rings is 1. The van der Waals surface area contributed by atoms with Gasteiger partial charge in [-0.3, -0.25) is 19.8 Å². The van der Waals surface area contributed by atoms with Crippen LogP contribution in [-0.2, 0) is 4.79 Å². The number of carbonyl (C=O) groups excluding carboxylic acids is 1. The Balaban J connectivity index is 1.64. The maximum absolute atomic E-state index is 12.1. The normalized spacial score (nSPS) is 23.4. The van der Waals surface area contributed by atoms with Gasteiger partial charge in [-0.15, -0.1) is 0 Å². The molecule has 2 bridgehead atoms. The summed E-state index contributed by atoms with van der Waals surface area (Å²) in [4.78, 5) is 27.2. The zero-order valence-electron chi connectivity index (χ0n) is 14.2. The lowest BCUT2D eigenvalue weighted by molar-refractivity contribution is -0.385. The van der Waals surface area contributed by atoms with Crippen molar-refractivity contribution in [1.82, 2.24) is 9.80 Å². The highest BCUT2D eigenvalue weighted by molar-refractivity contribution is 6.30. The van der Waals surface area contributed by atoms with Crippen LogP contribution < -0.4 is 0 Å². The van der Waals surface area contributed by atoms with Gasteiger partial charge in [0.2, 0.25) is 5.91 Å². The van der Waals surface area contributed by atoms with Crippen molar-refractivity contribution in [3.8, 4) is 0 Å². The summed E-state index contributed by atoms with van der Waals surface area (Å²) >= 11 is 5.95. The highest BCUT2D eigenvalue weighted by atomic mass is 35.5. The summed E-state index contributed by atoms with van der Waals surface area (Å²) in [7, 11) is 0.